The molecule has 2 aliphatic rings. The van der Waals surface area contributed by atoms with Gasteiger partial charge in [0, 0.05) is 26.2 Å². The van der Waals surface area contributed by atoms with Crippen LogP contribution in [0.4, 0.5) is 0 Å². The molecule has 2 rings (SSSR count). The molecular weight excluding hydrogens is 228 g/mol. The van der Waals surface area contributed by atoms with Gasteiger partial charge >= 0.3 is 0 Å². The number of nitrogens with zero attached hydrogens (tertiary/aromatic N) is 1. The van der Waals surface area contributed by atoms with Crippen molar-refractivity contribution >= 4 is 5.91 Å². The van der Waals surface area contributed by atoms with E-state index in [4.69, 9.17) is 4.74 Å². The van der Waals surface area contributed by atoms with Crippen LogP contribution >= 0.6 is 0 Å². The van der Waals surface area contributed by atoms with Gasteiger partial charge in [0.25, 0.3) is 5.91 Å². The van der Waals surface area contributed by atoms with Gasteiger partial charge < -0.3 is 15.0 Å². The van der Waals surface area contributed by atoms with Gasteiger partial charge in [0.05, 0.1) is 6.61 Å². The SMILES string of the molecule is CC(C)C1CCCN(C(=O)C2CNCCO2)CC1. The highest BCUT2D eigenvalue weighted by atomic mass is 16.5. The molecule has 1 amide bonds. The van der Waals surface area contributed by atoms with Crippen LogP contribution in [0.3, 0.4) is 0 Å². The van der Waals surface area contributed by atoms with Crippen molar-refractivity contribution in [3.8, 4) is 0 Å². The number of likely N-dealkylation sites (tertiary alicyclic amines) is 1. The molecule has 0 saturated carbocycles. The molecule has 0 aromatic heterocycles. The summed E-state index contributed by atoms with van der Waals surface area (Å²) in [7, 11) is 0. The maximum absolute atomic E-state index is 12.3. The fourth-order valence-corrected chi connectivity index (χ4v) is 2.94. The fraction of sp³-hybridized carbons (Fsp3) is 0.929. The zero-order chi connectivity index (χ0) is 13.0. The van der Waals surface area contributed by atoms with E-state index in [9.17, 15) is 4.79 Å². The highest BCUT2D eigenvalue weighted by molar-refractivity contribution is 5.81. The van der Waals surface area contributed by atoms with E-state index in [2.05, 4.69) is 19.2 Å². The van der Waals surface area contributed by atoms with Gasteiger partial charge in [0.2, 0.25) is 0 Å². The third-order valence-corrected chi connectivity index (χ3v) is 4.23. The summed E-state index contributed by atoms with van der Waals surface area (Å²) in [6.45, 7) is 8.57. The largest absolute Gasteiger partial charge is 0.366 e. The second-order valence-corrected chi connectivity index (χ2v) is 5.82. The maximum atomic E-state index is 12.3. The number of carbonyl (C=O) groups is 1. The number of hydrogen-bond acceptors (Lipinski definition) is 3. The van der Waals surface area contributed by atoms with E-state index in [1.54, 1.807) is 0 Å². The van der Waals surface area contributed by atoms with E-state index in [1.807, 2.05) is 4.90 Å². The number of morpholine rings is 1. The average Bonchev–Trinajstić information content (AvgIpc) is 2.64. The number of amides is 1. The van der Waals surface area contributed by atoms with Crippen LogP contribution in [-0.2, 0) is 9.53 Å². The number of ether oxygens (including phenoxy) is 1. The Kier molecular flexibility index (Phi) is 5.01. The lowest BCUT2D eigenvalue weighted by Crippen LogP contribution is -2.49. The quantitative estimate of drug-likeness (QED) is 0.806. The average molecular weight is 254 g/mol. The van der Waals surface area contributed by atoms with Crippen LogP contribution in [0.25, 0.3) is 0 Å². The molecule has 2 heterocycles. The Morgan fingerprint density at radius 3 is 2.83 bits per heavy atom. The second kappa shape index (κ2) is 6.53. The minimum Gasteiger partial charge on any atom is -0.366 e. The minimum atomic E-state index is -0.255. The second-order valence-electron chi connectivity index (χ2n) is 5.82. The van der Waals surface area contributed by atoms with E-state index in [1.165, 1.54) is 6.42 Å². The van der Waals surface area contributed by atoms with E-state index in [-0.39, 0.29) is 12.0 Å². The normalized spacial score (nSPS) is 30.3. The molecule has 104 valence electrons. The summed E-state index contributed by atoms with van der Waals surface area (Å²) in [5.41, 5.74) is 0. The summed E-state index contributed by atoms with van der Waals surface area (Å²) in [6, 6.07) is 0. The van der Waals surface area contributed by atoms with Gasteiger partial charge in [-0.05, 0) is 31.1 Å². The summed E-state index contributed by atoms with van der Waals surface area (Å²) in [4.78, 5) is 14.4. The van der Waals surface area contributed by atoms with Crippen molar-refractivity contribution in [3.05, 3.63) is 0 Å². The molecule has 0 aromatic rings. The maximum Gasteiger partial charge on any atom is 0.253 e. The summed E-state index contributed by atoms with van der Waals surface area (Å²) < 4.78 is 5.55. The molecular formula is C14H26N2O2. The topological polar surface area (TPSA) is 41.6 Å². The first-order valence-corrected chi connectivity index (χ1v) is 7.29. The van der Waals surface area contributed by atoms with Crippen molar-refractivity contribution in [2.45, 2.75) is 39.2 Å². The van der Waals surface area contributed by atoms with Gasteiger partial charge in [-0.1, -0.05) is 13.8 Å². The van der Waals surface area contributed by atoms with Crippen molar-refractivity contribution in [2.24, 2.45) is 11.8 Å². The Balaban J connectivity index is 1.86. The molecule has 18 heavy (non-hydrogen) atoms. The van der Waals surface area contributed by atoms with Crippen LogP contribution in [-0.4, -0.2) is 49.7 Å². The fourth-order valence-electron chi connectivity index (χ4n) is 2.94. The highest BCUT2D eigenvalue weighted by Crippen LogP contribution is 2.25. The Labute approximate surface area is 110 Å². The highest BCUT2D eigenvalue weighted by Gasteiger charge is 2.29. The van der Waals surface area contributed by atoms with Crippen molar-refractivity contribution < 1.29 is 9.53 Å². The predicted octanol–water partition coefficient (Wildman–Crippen LogP) is 1.26. The van der Waals surface area contributed by atoms with Gasteiger partial charge in [-0.2, -0.15) is 0 Å². The van der Waals surface area contributed by atoms with Crippen LogP contribution < -0.4 is 5.32 Å². The third kappa shape index (κ3) is 3.45. The number of carbonyl (C=O) groups excluding carboxylic acids is 1. The lowest BCUT2D eigenvalue weighted by Gasteiger charge is -2.29. The summed E-state index contributed by atoms with van der Waals surface area (Å²) in [5, 5.41) is 3.22. The monoisotopic (exact) mass is 254 g/mol. The van der Waals surface area contributed by atoms with Crippen LogP contribution in [0.5, 0.6) is 0 Å². The van der Waals surface area contributed by atoms with Crippen LogP contribution in [0, 0.1) is 11.8 Å². The Bertz CT molecular complexity index is 275. The van der Waals surface area contributed by atoms with Crippen molar-refractivity contribution in [2.75, 3.05) is 32.8 Å². The van der Waals surface area contributed by atoms with Gasteiger partial charge in [-0.15, -0.1) is 0 Å². The van der Waals surface area contributed by atoms with E-state index >= 15 is 0 Å². The lowest BCUT2D eigenvalue weighted by molar-refractivity contribution is -0.145. The van der Waals surface area contributed by atoms with Crippen LogP contribution in [0.15, 0.2) is 0 Å². The molecule has 0 aliphatic carbocycles. The van der Waals surface area contributed by atoms with Gasteiger partial charge in [-0.3, -0.25) is 4.79 Å². The third-order valence-electron chi connectivity index (χ3n) is 4.23. The van der Waals surface area contributed by atoms with Crippen molar-refractivity contribution in [1.82, 2.24) is 10.2 Å². The van der Waals surface area contributed by atoms with Crippen LogP contribution in [0.1, 0.15) is 33.1 Å². The number of nitrogens with one attached hydrogen (secondary N) is 1. The molecule has 2 aliphatic heterocycles. The number of rotatable bonds is 2. The Morgan fingerprint density at radius 1 is 1.33 bits per heavy atom. The minimum absolute atomic E-state index is 0.187. The molecule has 1 N–H and O–H groups in total. The van der Waals surface area contributed by atoms with E-state index in [0.29, 0.717) is 13.2 Å². The first kappa shape index (κ1) is 13.8. The molecule has 2 atom stereocenters. The molecule has 2 unspecified atom stereocenters. The zero-order valence-corrected chi connectivity index (χ0v) is 11.7. The lowest BCUT2D eigenvalue weighted by atomic mass is 9.89. The zero-order valence-electron chi connectivity index (χ0n) is 11.7. The first-order chi connectivity index (χ1) is 8.68. The van der Waals surface area contributed by atoms with Crippen molar-refractivity contribution in [1.29, 1.82) is 0 Å². The Hall–Kier alpha value is -0.610. The molecule has 2 saturated heterocycles. The van der Waals surface area contributed by atoms with Gasteiger partial charge in [0.15, 0.2) is 0 Å². The Morgan fingerprint density at radius 2 is 2.17 bits per heavy atom. The van der Waals surface area contributed by atoms with Gasteiger partial charge in [-0.25, -0.2) is 0 Å². The smallest absolute Gasteiger partial charge is 0.253 e. The van der Waals surface area contributed by atoms with Crippen molar-refractivity contribution in [3.63, 3.8) is 0 Å². The molecule has 4 nitrogen and oxygen atoms in total. The molecule has 4 heteroatoms. The standard InChI is InChI=1S/C14H26N2O2/c1-11(2)12-4-3-7-16(8-5-12)14(17)13-10-15-6-9-18-13/h11-13,15H,3-10H2,1-2H3. The summed E-state index contributed by atoms with van der Waals surface area (Å²) in [5.74, 6) is 1.69. The van der Waals surface area contributed by atoms with Gasteiger partial charge in [0.1, 0.15) is 6.10 Å². The number of hydrogen-bond donors (Lipinski definition) is 1. The van der Waals surface area contributed by atoms with E-state index in [0.717, 1.165) is 44.3 Å². The van der Waals surface area contributed by atoms with E-state index < -0.39 is 0 Å². The molecule has 0 bridgehead atoms. The summed E-state index contributed by atoms with van der Waals surface area (Å²) >= 11 is 0. The molecule has 0 radical (unpaired) electrons. The van der Waals surface area contributed by atoms with Crippen LogP contribution in [0.2, 0.25) is 0 Å². The molecule has 0 aromatic carbocycles. The summed E-state index contributed by atoms with van der Waals surface area (Å²) in [6.07, 6.45) is 3.28. The first-order valence-electron chi connectivity index (χ1n) is 7.29. The molecule has 0 spiro atoms. The predicted molar refractivity (Wildman–Crippen MR) is 71.4 cm³/mol. The molecule has 2 fully saturated rings.